The van der Waals surface area contributed by atoms with Crippen molar-refractivity contribution in [2.24, 2.45) is 0 Å². The molecule has 2 rings (SSSR count). The van der Waals surface area contributed by atoms with Crippen LogP contribution in [0.4, 0.5) is 4.39 Å². The van der Waals surface area contributed by atoms with Crippen molar-refractivity contribution < 1.29 is 4.39 Å². The van der Waals surface area contributed by atoms with Crippen LogP contribution in [-0.4, -0.2) is 17.5 Å². The SMILES string of the molecule is N#CCN(Cc1c(F)cccc1Cl)C1CCCC1. The molecular weight excluding hydrogens is 251 g/mol. The fourth-order valence-corrected chi connectivity index (χ4v) is 2.78. The highest BCUT2D eigenvalue weighted by Crippen LogP contribution is 2.27. The summed E-state index contributed by atoms with van der Waals surface area (Å²) in [5.41, 5.74) is 0.501. The maximum Gasteiger partial charge on any atom is 0.129 e. The van der Waals surface area contributed by atoms with Crippen LogP contribution in [0.5, 0.6) is 0 Å². The van der Waals surface area contributed by atoms with E-state index in [1.54, 1.807) is 12.1 Å². The number of benzene rings is 1. The van der Waals surface area contributed by atoms with Crippen molar-refractivity contribution in [1.82, 2.24) is 4.90 Å². The van der Waals surface area contributed by atoms with Gasteiger partial charge in [0.05, 0.1) is 12.6 Å². The Bertz CT molecular complexity index is 429. The molecule has 1 aliphatic carbocycles. The van der Waals surface area contributed by atoms with Crippen LogP contribution in [0.3, 0.4) is 0 Å². The van der Waals surface area contributed by atoms with Gasteiger partial charge < -0.3 is 0 Å². The van der Waals surface area contributed by atoms with E-state index in [9.17, 15) is 4.39 Å². The molecule has 0 aromatic heterocycles. The van der Waals surface area contributed by atoms with Crippen molar-refractivity contribution in [2.45, 2.75) is 38.3 Å². The van der Waals surface area contributed by atoms with Crippen molar-refractivity contribution in [1.29, 1.82) is 5.26 Å². The molecule has 4 heteroatoms. The zero-order valence-electron chi connectivity index (χ0n) is 10.2. The van der Waals surface area contributed by atoms with E-state index in [-0.39, 0.29) is 5.82 Å². The fraction of sp³-hybridized carbons (Fsp3) is 0.500. The van der Waals surface area contributed by atoms with Gasteiger partial charge in [0.15, 0.2) is 0 Å². The normalized spacial score (nSPS) is 16.1. The average Bonchev–Trinajstić information content (AvgIpc) is 2.86. The quantitative estimate of drug-likeness (QED) is 0.776. The summed E-state index contributed by atoms with van der Waals surface area (Å²) in [6.07, 6.45) is 4.57. The third-order valence-electron chi connectivity index (χ3n) is 3.54. The number of nitrogens with zero attached hydrogens (tertiary/aromatic N) is 2. The van der Waals surface area contributed by atoms with E-state index in [4.69, 9.17) is 16.9 Å². The number of hydrogen-bond donors (Lipinski definition) is 0. The second-order valence-corrected chi connectivity index (χ2v) is 5.11. The monoisotopic (exact) mass is 266 g/mol. The molecule has 1 fully saturated rings. The minimum Gasteiger partial charge on any atom is -0.283 e. The van der Waals surface area contributed by atoms with Gasteiger partial charge in [-0.1, -0.05) is 30.5 Å². The van der Waals surface area contributed by atoms with E-state index in [0.717, 1.165) is 12.8 Å². The largest absolute Gasteiger partial charge is 0.283 e. The molecule has 96 valence electrons. The molecule has 0 atom stereocenters. The third-order valence-corrected chi connectivity index (χ3v) is 3.89. The van der Waals surface area contributed by atoms with Gasteiger partial charge in [-0.2, -0.15) is 5.26 Å². The van der Waals surface area contributed by atoms with Gasteiger partial charge in [-0.05, 0) is 25.0 Å². The lowest BCUT2D eigenvalue weighted by Crippen LogP contribution is -2.33. The Labute approximate surface area is 112 Å². The first-order valence-electron chi connectivity index (χ1n) is 6.26. The van der Waals surface area contributed by atoms with Crippen LogP contribution in [-0.2, 0) is 6.54 Å². The van der Waals surface area contributed by atoms with Gasteiger partial charge >= 0.3 is 0 Å². The molecule has 0 bridgehead atoms. The van der Waals surface area contributed by atoms with E-state index in [1.165, 1.54) is 18.9 Å². The van der Waals surface area contributed by atoms with Crippen molar-refractivity contribution in [3.8, 4) is 6.07 Å². The molecule has 2 nitrogen and oxygen atoms in total. The van der Waals surface area contributed by atoms with Gasteiger partial charge in [-0.15, -0.1) is 0 Å². The highest BCUT2D eigenvalue weighted by atomic mass is 35.5. The average molecular weight is 267 g/mol. The van der Waals surface area contributed by atoms with Gasteiger partial charge in [0.2, 0.25) is 0 Å². The van der Waals surface area contributed by atoms with Crippen molar-refractivity contribution >= 4 is 11.6 Å². The Kier molecular flexibility index (Phi) is 4.57. The molecule has 0 spiro atoms. The lowest BCUT2D eigenvalue weighted by atomic mass is 10.1. The summed E-state index contributed by atoms with van der Waals surface area (Å²) in [6.45, 7) is 0.749. The van der Waals surface area contributed by atoms with Crippen LogP contribution in [0, 0.1) is 17.1 Å². The van der Waals surface area contributed by atoms with Crippen LogP contribution in [0.2, 0.25) is 5.02 Å². The summed E-state index contributed by atoms with van der Waals surface area (Å²) >= 11 is 6.03. The van der Waals surface area contributed by atoms with Crippen molar-refractivity contribution in [3.05, 3.63) is 34.6 Å². The van der Waals surface area contributed by atoms with Gasteiger partial charge in [0, 0.05) is 23.2 Å². The van der Waals surface area contributed by atoms with E-state index >= 15 is 0 Å². The summed E-state index contributed by atoms with van der Waals surface area (Å²) in [4.78, 5) is 2.04. The number of halogens is 2. The predicted octanol–water partition coefficient (Wildman–Crippen LogP) is 3.75. The first-order valence-corrected chi connectivity index (χ1v) is 6.64. The molecule has 0 unspecified atom stereocenters. The topological polar surface area (TPSA) is 27.0 Å². The molecule has 18 heavy (non-hydrogen) atoms. The minimum atomic E-state index is -0.288. The number of hydrogen-bond acceptors (Lipinski definition) is 2. The molecule has 1 aromatic carbocycles. The van der Waals surface area contributed by atoms with E-state index < -0.39 is 0 Å². The van der Waals surface area contributed by atoms with Gasteiger partial charge in [0.1, 0.15) is 5.82 Å². The van der Waals surface area contributed by atoms with Crippen molar-refractivity contribution in [3.63, 3.8) is 0 Å². The standard InChI is InChI=1S/C14H16ClFN2/c15-13-6-3-7-14(16)12(13)10-18(9-8-17)11-4-1-2-5-11/h3,6-7,11H,1-2,4-5,9-10H2. The summed E-state index contributed by atoms with van der Waals surface area (Å²) in [5, 5.41) is 9.34. The Hall–Kier alpha value is -1.11. The first kappa shape index (κ1) is 13.3. The van der Waals surface area contributed by atoms with Crippen molar-refractivity contribution in [2.75, 3.05) is 6.54 Å². The number of nitriles is 1. The van der Waals surface area contributed by atoms with Crippen LogP contribution < -0.4 is 0 Å². The van der Waals surface area contributed by atoms with E-state index in [0.29, 0.717) is 29.7 Å². The maximum atomic E-state index is 13.7. The zero-order chi connectivity index (χ0) is 13.0. The smallest absolute Gasteiger partial charge is 0.129 e. The highest BCUT2D eigenvalue weighted by molar-refractivity contribution is 6.31. The lowest BCUT2D eigenvalue weighted by Gasteiger charge is -2.26. The third kappa shape index (κ3) is 3.01. The molecule has 0 amide bonds. The van der Waals surface area contributed by atoms with E-state index in [2.05, 4.69) is 6.07 Å². The number of rotatable bonds is 4. The van der Waals surface area contributed by atoms with Crippen LogP contribution in [0.25, 0.3) is 0 Å². The zero-order valence-corrected chi connectivity index (χ0v) is 11.0. The first-order chi connectivity index (χ1) is 8.72. The molecule has 0 aliphatic heterocycles. The predicted molar refractivity (Wildman–Crippen MR) is 69.7 cm³/mol. The summed E-state index contributed by atoms with van der Waals surface area (Å²) in [6, 6.07) is 7.27. The van der Waals surface area contributed by atoms with Crippen LogP contribution in [0.15, 0.2) is 18.2 Å². The Morgan fingerprint density at radius 1 is 1.39 bits per heavy atom. The molecular formula is C14H16ClFN2. The second kappa shape index (κ2) is 6.17. The van der Waals surface area contributed by atoms with Gasteiger partial charge in [-0.25, -0.2) is 4.39 Å². The van der Waals surface area contributed by atoms with Crippen LogP contribution >= 0.6 is 11.6 Å². The van der Waals surface area contributed by atoms with Gasteiger partial charge in [-0.3, -0.25) is 4.90 Å². The second-order valence-electron chi connectivity index (χ2n) is 4.70. The maximum absolute atomic E-state index is 13.7. The summed E-state index contributed by atoms with van der Waals surface area (Å²) in [7, 11) is 0. The molecule has 1 aliphatic rings. The fourth-order valence-electron chi connectivity index (χ4n) is 2.56. The molecule has 1 aromatic rings. The summed E-state index contributed by atoms with van der Waals surface area (Å²) < 4.78 is 13.7. The Balaban J connectivity index is 2.15. The van der Waals surface area contributed by atoms with E-state index in [1.807, 2.05) is 4.90 Å². The molecule has 0 heterocycles. The summed E-state index contributed by atoms with van der Waals surface area (Å²) in [5.74, 6) is -0.288. The molecule has 1 saturated carbocycles. The molecule has 0 N–H and O–H groups in total. The highest BCUT2D eigenvalue weighted by Gasteiger charge is 2.23. The minimum absolute atomic E-state index is 0.288. The Morgan fingerprint density at radius 2 is 2.11 bits per heavy atom. The molecule has 0 saturated heterocycles. The molecule has 0 radical (unpaired) electrons. The lowest BCUT2D eigenvalue weighted by molar-refractivity contribution is 0.211. The van der Waals surface area contributed by atoms with Gasteiger partial charge in [0.25, 0.3) is 0 Å². The van der Waals surface area contributed by atoms with Crippen LogP contribution in [0.1, 0.15) is 31.2 Å². The Morgan fingerprint density at radius 3 is 2.72 bits per heavy atom.